The Balaban J connectivity index is 1.72. The molecule has 0 aliphatic carbocycles. The van der Waals surface area contributed by atoms with Gasteiger partial charge in [0.15, 0.2) is 0 Å². The zero-order valence-corrected chi connectivity index (χ0v) is 13.8. The maximum absolute atomic E-state index is 11.9. The Hall–Kier alpha value is -1.55. The Kier molecular flexibility index (Phi) is 6.25. The lowest BCUT2D eigenvalue weighted by Crippen LogP contribution is -2.21. The number of carbonyl (C=O) groups is 1. The van der Waals surface area contributed by atoms with Crippen LogP contribution in [0.4, 0.5) is 5.69 Å². The van der Waals surface area contributed by atoms with Crippen LogP contribution in [0.15, 0.2) is 42.5 Å². The van der Waals surface area contributed by atoms with Crippen LogP contribution in [-0.4, -0.2) is 12.5 Å². The summed E-state index contributed by atoms with van der Waals surface area (Å²) in [6.07, 6.45) is 0.412. The topological polar surface area (TPSA) is 41.1 Å². The fourth-order valence-electron chi connectivity index (χ4n) is 2.02. The molecule has 0 unspecified atom stereocenters. The molecule has 5 heteroatoms. The molecule has 0 saturated carbocycles. The summed E-state index contributed by atoms with van der Waals surface area (Å²) in [5.41, 5.74) is 2.89. The highest BCUT2D eigenvalue weighted by Crippen LogP contribution is 2.19. The van der Waals surface area contributed by atoms with Gasteiger partial charge in [0, 0.05) is 35.2 Å². The van der Waals surface area contributed by atoms with Crippen LogP contribution < -0.4 is 10.6 Å². The molecular weight excluding hydrogens is 319 g/mol. The van der Waals surface area contributed by atoms with Crippen LogP contribution >= 0.6 is 23.2 Å². The number of aryl methyl sites for hydroxylation is 1. The molecule has 0 aliphatic rings. The van der Waals surface area contributed by atoms with Gasteiger partial charge < -0.3 is 10.6 Å². The van der Waals surface area contributed by atoms with Gasteiger partial charge in [-0.05, 0) is 48.4 Å². The maximum Gasteiger partial charge on any atom is 0.225 e. The highest BCUT2D eigenvalue weighted by molar-refractivity contribution is 6.31. The number of rotatable bonds is 6. The standard InChI is InChI=1S/C17H18Cl2N2O/c1-12-10-15(19)6-7-16(12)21-17(22)8-9-20-11-13-2-4-14(18)5-3-13/h2-7,10,20H,8-9,11H2,1H3,(H,21,22). The third kappa shape index (κ3) is 5.34. The van der Waals surface area contributed by atoms with Crippen molar-refractivity contribution in [2.45, 2.75) is 19.9 Å². The van der Waals surface area contributed by atoms with Gasteiger partial charge in [0.2, 0.25) is 5.91 Å². The predicted octanol–water partition coefficient (Wildman–Crippen LogP) is 4.42. The van der Waals surface area contributed by atoms with E-state index in [0.717, 1.165) is 21.8 Å². The quantitative estimate of drug-likeness (QED) is 0.766. The van der Waals surface area contributed by atoms with E-state index in [2.05, 4.69) is 10.6 Å². The minimum atomic E-state index is -0.0194. The van der Waals surface area contributed by atoms with Crippen molar-refractivity contribution < 1.29 is 4.79 Å². The van der Waals surface area contributed by atoms with Gasteiger partial charge in [0.25, 0.3) is 0 Å². The van der Waals surface area contributed by atoms with E-state index in [1.54, 1.807) is 6.07 Å². The highest BCUT2D eigenvalue weighted by atomic mass is 35.5. The third-order valence-corrected chi connectivity index (χ3v) is 3.72. The minimum absolute atomic E-state index is 0.0194. The van der Waals surface area contributed by atoms with E-state index in [1.807, 2.05) is 43.3 Å². The average Bonchev–Trinajstić information content (AvgIpc) is 2.48. The summed E-state index contributed by atoms with van der Waals surface area (Å²) in [7, 11) is 0. The SMILES string of the molecule is Cc1cc(Cl)ccc1NC(=O)CCNCc1ccc(Cl)cc1. The van der Waals surface area contributed by atoms with E-state index >= 15 is 0 Å². The van der Waals surface area contributed by atoms with Crippen LogP contribution in [0.25, 0.3) is 0 Å². The monoisotopic (exact) mass is 336 g/mol. The number of anilines is 1. The molecule has 22 heavy (non-hydrogen) atoms. The Morgan fingerprint density at radius 2 is 1.73 bits per heavy atom. The molecular formula is C17H18Cl2N2O. The second kappa shape index (κ2) is 8.18. The van der Waals surface area contributed by atoms with E-state index < -0.39 is 0 Å². The van der Waals surface area contributed by atoms with Gasteiger partial charge in [-0.15, -0.1) is 0 Å². The van der Waals surface area contributed by atoms with Crippen LogP contribution in [0.2, 0.25) is 10.0 Å². The molecule has 2 aromatic rings. The molecule has 0 aliphatic heterocycles. The molecule has 0 radical (unpaired) electrons. The molecule has 0 spiro atoms. The fraction of sp³-hybridized carbons (Fsp3) is 0.235. The second-order valence-corrected chi connectivity index (χ2v) is 5.93. The predicted molar refractivity (Wildman–Crippen MR) is 92.6 cm³/mol. The van der Waals surface area contributed by atoms with Crippen molar-refractivity contribution in [3.05, 3.63) is 63.6 Å². The van der Waals surface area contributed by atoms with E-state index in [9.17, 15) is 4.79 Å². The summed E-state index contributed by atoms with van der Waals surface area (Å²) in [5, 5.41) is 7.52. The van der Waals surface area contributed by atoms with Gasteiger partial charge in [0.1, 0.15) is 0 Å². The number of nitrogens with one attached hydrogen (secondary N) is 2. The van der Waals surface area contributed by atoms with Crippen molar-refractivity contribution in [3.8, 4) is 0 Å². The first kappa shape index (κ1) is 16.8. The molecule has 0 fully saturated rings. The molecule has 0 heterocycles. The molecule has 0 bridgehead atoms. The van der Waals surface area contributed by atoms with Gasteiger partial charge in [-0.2, -0.15) is 0 Å². The fourth-order valence-corrected chi connectivity index (χ4v) is 2.37. The van der Waals surface area contributed by atoms with E-state index in [-0.39, 0.29) is 5.91 Å². The Bertz CT molecular complexity index is 642. The Morgan fingerprint density at radius 1 is 1.05 bits per heavy atom. The van der Waals surface area contributed by atoms with E-state index in [1.165, 1.54) is 0 Å². The molecule has 2 N–H and O–H groups in total. The summed E-state index contributed by atoms with van der Waals surface area (Å²) >= 11 is 11.7. The number of benzene rings is 2. The summed E-state index contributed by atoms with van der Waals surface area (Å²) in [4.78, 5) is 11.9. The van der Waals surface area contributed by atoms with Crippen molar-refractivity contribution in [2.24, 2.45) is 0 Å². The van der Waals surface area contributed by atoms with Gasteiger partial charge in [-0.25, -0.2) is 0 Å². The molecule has 116 valence electrons. The first-order valence-electron chi connectivity index (χ1n) is 7.06. The second-order valence-electron chi connectivity index (χ2n) is 5.06. The molecule has 0 atom stereocenters. The zero-order chi connectivity index (χ0) is 15.9. The van der Waals surface area contributed by atoms with E-state index in [4.69, 9.17) is 23.2 Å². The lowest BCUT2D eigenvalue weighted by atomic mass is 10.2. The first-order chi connectivity index (χ1) is 10.5. The van der Waals surface area contributed by atoms with Gasteiger partial charge in [-0.3, -0.25) is 4.79 Å². The number of halogens is 2. The first-order valence-corrected chi connectivity index (χ1v) is 7.81. The normalized spacial score (nSPS) is 10.5. The highest BCUT2D eigenvalue weighted by Gasteiger charge is 2.05. The van der Waals surface area contributed by atoms with Gasteiger partial charge in [-0.1, -0.05) is 35.3 Å². The van der Waals surface area contributed by atoms with Crippen LogP contribution in [-0.2, 0) is 11.3 Å². The number of hydrogen-bond donors (Lipinski definition) is 2. The molecule has 2 rings (SSSR count). The van der Waals surface area contributed by atoms with Crippen LogP contribution in [0.5, 0.6) is 0 Å². The molecule has 0 saturated heterocycles. The van der Waals surface area contributed by atoms with Crippen LogP contribution in [0, 0.1) is 6.92 Å². The lowest BCUT2D eigenvalue weighted by Gasteiger charge is -2.09. The largest absolute Gasteiger partial charge is 0.326 e. The summed E-state index contributed by atoms with van der Waals surface area (Å²) in [5.74, 6) is -0.0194. The smallest absolute Gasteiger partial charge is 0.225 e. The molecule has 2 aromatic carbocycles. The Morgan fingerprint density at radius 3 is 2.41 bits per heavy atom. The Labute approximate surface area is 140 Å². The molecule has 0 aromatic heterocycles. The van der Waals surface area contributed by atoms with Gasteiger partial charge in [0.05, 0.1) is 0 Å². The summed E-state index contributed by atoms with van der Waals surface area (Å²) < 4.78 is 0. The minimum Gasteiger partial charge on any atom is -0.326 e. The van der Waals surface area contributed by atoms with E-state index in [0.29, 0.717) is 24.5 Å². The van der Waals surface area contributed by atoms with Crippen LogP contribution in [0.3, 0.4) is 0 Å². The average molecular weight is 337 g/mol. The molecule has 3 nitrogen and oxygen atoms in total. The zero-order valence-electron chi connectivity index (χ0n) is 12.3. The number of amides is 1. The van der Waals surface area contributed by atoms with Crippen LogP contribution in [0.1, 0.15) is 17.5 Å². The van der Waals surface area contributed by atoms with Crippen molar-refractivity contribution in [1.82, 2.24) is 5.32 Å². The van der Waals surface area contributed by atoms with Crippen molar-refractivity contribution in [2.75, 3.05) is 11.9 Å². The number of carbonyl (C=O) groups excluding carboxylic acids is 1. The van der Waals surface area contributed by atoms with Crippen molar-refractivity contribution in [1.29, 1.82) is 0 Å². The van der Waals surface area contributed by atoms with Gasteiger partial charge >= 0.3 is 0 Å². The third-order valence-electron chi connectivity index (χ3n) is 3.23. The molecule has 1 amide bonds. The van der Waals surface area contributed by atoms with Crippen molar-refractivity contribution in [3.63, 3.8) is 0 Å². The lowest BCUT2D eigenvalue weighted by molar-refractivity contribution is -0.116. The summed E-state index contributed by atoms with van der Waals surface area (Å²) in [6, 6.07) is 13.1. The van der Waals surface area contributed by atoms with Crippen molar-refractivity contribution >= 4 is 34.8 Å². The maximum atomic E-state index is 11.9. The summed E-state index contributed by atoms with van der Waals surface area (Å²) in [6.45, 7) is 3.24. The number of hydrogen-bond acceptors (Lipinski definition) is 2.